The molecule has 0 bridgehead atoms. The van der Waals surface area contributed by atoms with Crippen LogP contribution in [-0.4, -0.2) is 68.2 Å². The van der Waals surface area contributed by atoms with Crippen LogP contribution >= 0.6 is 11.6 Å². The summed E-state index contributed by atoms with van der Waals surface area (Å²) < 4.78 is 118. The molecule has 2 N–H and O–H groups in total. The molecule has 1 saturated heterocycles. The van der Waals surface area contributed by atoms with Crippen molar-refractivity contribution >= 4 is 60.8 Å². The lowest BCUT2D eigenvalue weighted by Gasteiger charge is -2.29. The molecular weight excluding hydrogens is 876 g/mol. The van der Waals surface area contributed by atoms with Gasteiger partial charge in [0.2, 0.25) is 15.9 Å². The first kappa shape index (κ1) is 42.7. The summed E-state index contributed by atoms with van der Waals surface area (Å²) in [5.41, 5.74) is -0.199. The number of piperidine rings is 1. The van der Waals surface area contributed by atoms with Crippen molar-refractivity contribution in [3.8, 4) is 5.69 Å². The molecular formula is C42H40ClF6N9O4S. The van der Waals surface area contributed by atoms with Crippen LogP contribution in [0.15, 0.2) is 59.4 Å². The molecule has 6 aromatic rings. The quantitative estimate of drug-likeness (QED) is 0.0988. The standard InChI is InChI=1S/C42H40ClF6N9O4S/c43-29-10-11-33(38-37(29)40(53-57(38)20-35(46)47)54-63(61,62)27-7-8-27)58-41(51-30-18-26(6-9-28(30)42(58)60)55-12-2-1-3-13-55)32(16-22-14-24(44)17-25(45)15-22)50-36(59)21-56-34(23-4-5-23)19-31(52-56)39(48)49/h6,9-11,14-15,17-19,23,27,32,35,39H,1-5,7-8,12-13,16,20-21H2,(H,50,59)(H,53,54)/t32-/m0/s1. The Morgan fingerprint density at radius 1 is 0.889 bits per heavy atom. The number of benzene rings is 3. The van der Waals surface area contributed by atoms with Gasteiger partial charge in [0.25, 0.3) is 18.4 Å². The third kappa shape index (κ3) is 8.83. The van der Waals surface area contributed by atoms with Crippen molar-refractivity contribution in [3.05, 3.63) is 104 Å². The van der Waals surface area contributed by atoms with Crippen LogP contribution in [-0.2, 0) is 34.3 Å². The molecule has 2 saturated carbocycles. The predicted molar refractivity (Wildman–Crippen MR) is 223 cm³/mol. The van der Waals surface area contributed by atoms with Crippen LogP contribution in [0.2, 0.25) is 5.02 Å². The molecule has 1 aliphatic heterocycles. The minimum absolute atomic E-state index is 0.0271. The number of alkyl halides is 4. The maximum Gasteiger partial charge on any atom is 0.282 e. The van der Waals surface area contributed by atoms with Gasteiger partial charge in [-0.15, -0.1) is 0 Å². The Balaban J connectivity index is 1.26. The van der Waals surface area contributed by atoms with E-state index < -0.39 is 76.1 Å². The Kier molecular flexibility index (Phi) is 11.4. The Labute approximate surface area is 361 Å². The summed E-state index contributed by atoms with van der Waals surface area (Å²) in [5, 5.41) is 10.2. The minimum Gasteiger partial charge on any atom is -0.371 e. The minimum atomic E-state index is -4.02. The smallest absolute Gasteiger partial charge is 0.282 e. The van der Waals surface area contributed by atoms with E-state index in [1.54, 1.807) is 18.2 Å². The second-order valence-electron chi connectivity index (χ2n) is 16.2. The second-order valence-corrected chi connectivity index (χ2v) is 18.6. The number of amides is 1. The van der Waals surface area contributed by atoms with Crippen molar-refractivity contribution in [1.29, 1.82) is 0 Å². The van der Waals surface area contributed by atoms with Crippen LogP contribution < -0.4 is 20.5 Å². The van der Waals surface area contributed by atoms with Crippen LogP contribution in [0.1, 0.15) is 86.1 Å². The third-order valence-corrected chi connectivity index (χ3v) is 13.7. The highest BCUT2D eigenvalue weighted by atomic mass is 35.5. The van der Waals surface area contributed by atoms with Crippen LogP contribution in [0.25, 0.3) is 27.5 Å². The second kappa shape index (κ2) is 16.8. The van der Waals surface area contributed by atoms with E-state index in [0.29, 0.717) is 37.4 Å². The number of carbonyl (C=O) groups is 1. The summed E-state index contributed by atoms with van der Waals surface area (Å²) in [5.74, 6) is -3.32. The van der Waals surface area contributed by atoms with Gasteiger partial charge in [0.05, 0.1) is 43.8 Å². The first-order chi connectivity index (χ1) is 30.1. The zero-order valence-corrected chi connectivity index (χ0v) is 35.0. The summed E-state index contributed by atoms with van der Waals surface area (Å²) in [6.07, 6.45) is -1.23. The van der Waals surface area contributed by atoms with E-state index in [4.69, 9.17) is 16.6 Å². The van der Waals surface area contributed by atoms with Gasteiger partial charge in [0.15, 0.2) is 5.82 Å². The molecule has 0 spiro atoms. The Hall–Kier alpha value is -5.63. The summed E-state index contributed by atoms with van der Waals surface area (Å²) >= 11 is 6.70. The lowest BCUT2D eigenvalue weighted by molar-refractivity contribution is -0.122. The highest BCUT2D eigenvalue weighted by Gasteiger charge is 2.38. The number of fused-ring (bicyclic) bond motifs is 2. The number of anilines is 2. The summed E-state index contributed by atoms with van der Waals surface area (Å²) in [7, 11) is -4.02. The fourth-order valence-corrected chi connectivity index (χ4v) is 9.90. The van der Waals surface area contributed by atoms with Crippen LogP contribution in [0.3, 0.4) is 0 Å². The zero-order chi connectivity index (χ0) is 44.3. The molecule has 0 unspecified atom stereocenters. The monoisotopic (exact) mass is 915 g/mol. The molecule has 4 heterocycles. The molecule has 1 atom stereocenters. The molecule has 63 heavy (non-hydrogen) atoms. The number of halogens is 7. The fraction of sp³-hybridized carbons (Fsp3) is 0.405. The van der Waals surface area contributed by atoms with Gasteiger partial charge in [-0.3, -0.25) is 28.2 Å². The van der Waals surface area contributed by atoms with E-state index in [-0.39, 0.29) is 62.1 Å². The van der Waals surface area contributed by atoms with E-state index in [1.807, 2.05) is 0 Å². The summed E-state index contributed by atoms with van der Waals surface area (Å²) in [6.45, 7) is -0.130. The molecule has 13 nitrogen and oxygen atoms in total. The van der Waals surface area contributed by atoms with Gasteiger partial charge in [-0.25, -0.2) is 39.7 Å². The number of rotatable bonds is 15. The first-order valence-corrected chi connectivity index (χ1v) is 22.5. The Bertz CT molecular complexity index is 2910. The average molecular weight is 916 g/mol. The normalized spacial score (nSPS) is 16.4. The number of hydrogen-bond acceptors (Lipinski definition) is 8. The number of carbonyl (C=O) groups excluding carboxylic acids is 1. The van der Waals surface area contributed by atoms with Gasteiger partial charge in [0.1, 0.15) is 36.2 Å². The van der Waals surface area contributed by atoms with Gasteiger partial charge < -0.3 is 10.2 Å². The van der Waals surface area contributed by atoms with Crippen LogP contribution in [0.4, 0.5) is 37.8 Å². The maximum absolute atomic E-state index is 15.1. The van der Waals surface area contributed by atoms with Crippen LogP contribution in [0, 0.1) is 11.6 Å². The third-order valence-electron chi connectivity index (χ3n) is 11.5. The number of aromatic nitrogens is 6. The Morgan fingerprint density at radius 3 is 2.29 bits per heavy atom. The zero-order valence-electron chi connectivity index (χ0n) is 33.4. The molecule has 3 aromatic heterocycles. The molecule has 21 heteroatoms. The van der Waals surface area contributed by atoms with Gasteiger partial charge in [0, 0.05) is 42.9 Å². The molecule has 1 amide bonds. The molecule has 0 radical (unpaired) electrons. The van der Waals surface area contributed by atoms with Crippen molar-refractivity contribution in [1.82, 2.24) is 34.4 Å². The van der Waals surface area contributed by atoms with Gasteiger partial charge in [-0.05, 0) is 99.0 Å². The topological polar surface area (TPSA) is 149 Å². The molecule has 3 fully saturated rings. The Morgan fingerprint density at radius 2 is 1.62 bits per heavy atom. The van der Waals surface area contributed by atoms with E-state index in [0.717, 1.165) is 59.4 Å². The lowest BCUT2D eigenvalue weighted by Crippen LogP contribution is -2.38. The van der Waals surface area contributed by atoms with Crippen molar-refractivity contribution < 1.29 is 39.6 Å². The van der Waals surface area contributed by atoms with E-state index in [2.05, 4.69) is 25.1 Å². The summed E-state index contributed by atoms with van der Waals surface area (Å²) in [4.78, 5) is 36.4. The van der Waals surface area contributed by atoms with Crippen molar-refractivity contribution in [2.24, 2.45) is 0 Å². The van der Waals surface area contributed by atoms with Crippen molar-refractivity contribution in [2.75, 3.05) is 22.7 Å². The molecule has 2 aliphatic carbocycles. The molecule has 3 aromatic carbocycles. The number of nitrogens with one attached hydrogen (secondary N) is 2. The van der Waals surface area contributed by atoms with Gasteiger partial charge in [-0.1, -0.05) is 11.6 Å². The highest BCUT2D eigenvalue weighted by molar-refractivity contribution is 7.93. The molecule has 3 aliphatic rings. The molecule has 332 valence electrons. The maximum atomic E-state index is 15.1. The fourth-order valence-electron chi connectivity index (χ4n) is 8.32. The van der Waals surface area contributed by atoms with Crippen molar-refractivity contribution in [2.45, 2.75) is 94.5 Å². The first-order valence-electron chi connectivity index (χ1n) is 20.5. The van der Waals surface area contributed by atoms with Gasteiger partial charge >= 0.3 is 0 Å². The SMILES string of the molecule is O=C(Cn1nc(C(F)F)cc1C1CC1)N[C@@H](Cc1cc(F)cc(F)c1)c1nc2cc(N3CCCCC3)ccc2c(=O)n1-c1ccc(Cl)c2c(NS(=O)(=O)C3CC3)nn(CC(F)F)c12. The predicted octanol–water partition coefficient (Wildman–Crippen LogP) is 7.94. The largest absolute Gasteiger partial charge is 0.371 e. The van der Waals surface area contributed by atoms with Gasteiger partial charge in [-0.2, -0.15) is 10.2 Å². The highest BCUT2D eigenvalue weighted by Crippen LogP contribution is 2.42. The van der Waals surface area contributed by atoms with Crippen LogP contribution in [0.5, 0.6) is 0 Å². The number of sulfonamides is 1. The van der Waals surface area contributed by atoms with E-state index in [1.165, 1.54) is 22.9 Å². The lowest BCUT2D eigenvalue weighted by atomic mass is 10.0. The van der Waals surface area contributed by atoms with E-state index >= 15 is 4.79 Å². The number of hydrogen-bond donors (Lipinski definition) is 2. The van der Waals surface area contributed by atoms with Crippen molar-refractivity contribution in [3.63, 3.8) is 0 Å². The number of nitrogens with zero attached hydrogens (tertiary/aromatic N) is 7. The molecule has 9 rings (SSSR count). The van der Waals surface area contributed by atoms with E-state index in [9.17, 15) is 39.6 Å². The summed E-state index contributed by atoms with van der Waals surface area (Å²) in [6, 6.07) is 10.3. The average Bonchev–Trinajstić information content (AvgIpc) is 4.17.